The van der Waals surface area contributed by atoms with Crippen LogP contribution in [-0.4, -0.2) is 14.5 Å². The molecule has 2 aromatic heterocycles. The molecule has 0 N–H and O–H groups in total. The summed E-state index contributed by atoms with van der Waals surface area (Å²) in [5.74, 6) is 1.97. The Balaban J connectivity index is 1.72. The molecule has 4 rings (SSSR count). The molecule has 2 aromatic carbocycles. The normalized spacial score (nSPS) is 10.8. The lowest BCUT2D eigenvalue weighted by Crippen LogP contribution is -2.02. The summed E-state index contributed by atoms with van der Waals surface area (Å²) in [5, 5.41) is 1.29. The molecule has 4 nitrogen and oxygen atoms in total. The maximum atomic E-state index is 6.36. The van der Waals surface area contributed by atoms with Crippen molar-refractivity contribution in [3.8, 4) is 23.0 Å². The lowest BCUT2D eigenvalue weighted by molar-refractivity contribution is 0.465. The highest BCUT2D eigenvalue weighted by atomic mass is 35.5. The van der Waals surface area contributed by atoms with Crippen LogP contribution in [0.3, 0.4) is 0 Å². The van der Waals surface area contributed by atoms with Crippen molar-refractivity contribution in [1.82, 2.24) is 14.5 Å². The minimum absolute atomic E-state index is 0.501. The van der Waals surface area contributed by atoms with Gasteiger partial charge in [-0.2, -0.15) is 4.98 Å². The van der Waals surface area contributed by atoms with Gasteiger partial charge in [-0.3, -0.25) is 4.98 Å². The van der Waals surface area contributed by atoms with Crippen LogP contribution in [0.5, 0.6) is 11.6 Å². The SMILES string of the molecule is Cc1ccc(Oc2cn(Cc3cc(Cl)ccc3Cl)c(-c3cccnc3)n2)cc1. The highest BCUT2D eigenvalue weighted by Crippen LogP contribution is 2.28. The molecular formula is C22H17Cl2N3O. The highest BCUT2D eigenvalue weighted by molar-refractivity contribution is 6.33. The van der Waals surface area contributed by atoms with Crippen LogP contribution in [-0.2, 0) is 6.54 Å². The van der Waals surface area contributed by atoms with Crippen molar-refractivity contribution in [3.63, 3.8) is 0 Å². The van der Waals surface area contributed by atoms with Crippen molar-refractivity contribution in [1.29, 1.82) is 0 Å². The average Bonchev–Trinajstić information content (AvgIpc) is 3.09. The van der Waals surface area contributed by atoms with Crippen LogP contribution < -0.4 is 4.74 Å². The van der Waals surface area contributed by atoms with E-state index in [2.05, 4.69) is 9.97 Å². The summed E-state index contributed by atoms with van der Waals surface area (Å²) in [4.78, 5) is 8.87. The number of ether oxygens (including phenoxy) is 1. The van der Waals surface area contributed by atoms with Crippen LogP contribution in [0.2, 0.25) is 10.0 Å². The largest absolute Gasteiger partial charge is 0.438 e. The van der Waals surface area contributed by atoms with Gasteiger partial charge in [-0.1, -0.05) is 40.9 Å². The molecule has 28 heavy (non-hydrogen) atoms. The van der Waals surface area contributed by atoms with E-state index in [1.807, 2.05) is 60.2 Å². The summed E-state index contributed by atoms with van der Waals surface area (Å²) in [6.45, 7) is 2.54. The molecular weight excluding hydrogens is 393 g/mol. The second-order valence-electron chi connectivity index (χ2n) is 6.42. The smallest absolute Gasteiger partial charge is 0.237 e. The monoisotopic (exact) mass is 409 g/mol. The number of aromatic nitrogens is 3. The second kappa shape index (κ2) is 8.05. The predicted molar refractivity (Wildman–Crippen MR) is 112 cm³/mol. The van der Waals surface area contributed by atoms with Gasteiger partial charge in [0.05, 0.1) is 12.7 Å². The Hall–Kier alpha value is -2.82. The summed E-state index contributed by atoms with van der Waals surface area (Å²) in [6, 6.07) is 17.1. The Kier molecular flexibility index (Phi) is 5.33. The zero-order chi connectivity index (χ0) is 19.5. The standard InChI is InChI=1S/C22H17Cl2N3O/c1-15-4-7-19(8-5-15)28-21-14-27(13-17-11-18(23)6-9-20(17)24)22(26-21)16-3-2-10-25-12-16/h2-12,14H,13H2,1H3. The molecule has 0 aliphatic rings. The summed E-state index contributed by atoms with van der Waals surface area (Å²) in [7, 11) is 0. The lowest BCUT2D eigenvalue weighted by Gasteiger charge is -2.09. The average molecular weight is 410 g/mol. The summed E-state index contributed by atoms with van der Waals surface area (Å²) in [6.07, 6.45) is 5.36. The minimum atomic E-state index is 0.501. The molecule has 0 saturated carbocycles. The van der Waals surface area contributed by atoms with E-state index in [9.17, 15) is 0 Å². The molecule has 6 heteroatoms. The molecule has 140 valence electrons. The zero-order valence-electron chi connectivity index (χ0n) is 15.1. The number of benzene rings is 2. The van der Waals surface area contributed by atoms with Crippen LogP contribution in [0.25, 0.3) is 11.4 Å². The van der Waals surface area contributed by atoms with Crippen molar-refractivity contribution >= 4 is 23.2 Å². The maximum absolute atomic E-state index is 6.36. The van der Waals surface area contributed by atoms with Gasteiger partial charge < -0.3 is 9.30 Å². The second-order valence-corrected chi connectivity index (χ2v) is 7.27. The van der Waals surface area contributed by atoms with Crippen molar-refractivity contribution in [2.45, 2.75) is 13.5 Å². The van der Waals surface area contributed by atoms with Crippen LogP contribution in [0, 0.1) is 6.92 Å². The first kappa shape index (κ1) is 18.5. The van der Waals surface area contributed by atoms with Gasteiger partial charge in [0.2, 0.25) is 5.88 Å². The van der Waals surface area contributed by atoms with Crippen molar-refractivity contribution < 1.29 is 4.74 Å². The van der Waals surface area contributed by atoms with Crippen LogP contribution >= 0.6 is 23.2 Å². The van der Waals surface area contributed by atoms with E-state index in [1.54, 1.807) is 24.5 Å². The summed E-state index contributed by atoms with van der Waals surface area (Å²) < 4.78 is 7.94. The number of pyridine rings is 1. The molecule has 0 amide bonds. The quantitative estimate of drug-likeness (QED) is 0.382. The number of halogens is 2. The van der Waals surface area contributed by atoms with Gasteiger partial charge in [0.15, 0.2) is 0 Å². The van der Waals surface area contributed by atoms with E-state index in [4.69, 9.17) is 27.9 Å². The number of imidazole rings is 1. The van der Waals surface area contributed by atoms with Gasteiger partial charge in [-0.05, 0) is 55.0 Å². The van der Waals surface area contributed by atoms with E-state index in [0.29, 0.717) is 22.5 Å². The fourth-order valence-corrected chi connectivity index (χ4v) is 3.23. The van der Waals surface area contributed by atoms with E-state index < -0.39 is 0 Å². The summed E-state index contributed by atoms with van der Waals surface area (Å²) >= 11 is 12.5. The molecule has 0 unspecified atom stereocenters. The zero-order valence-corrected chi connectivity index (χ0v) is 16.7. The van der Waals surface area contributed by atoms with E-state index in [0.717, 1.165) is 22.7 Å². The van der Waals surface area contributed by atoms with E-state index >= 15 is 0 Å². The highest BCUT2D eigenvalue weighted by Gasteiger charge is 2.14. The molecule has 0 aliphatic heterocycles. The van der Waals surface area contributed by atoms with E-state index in [1.165, 1.54) is 5.56 Å². The maximum Gasteiger partial charge on any atom is 0.237 e. The van der Waals surface area contributed by atoms with Crippen molar-refractivity contribution in [2.24, 2.45) is 0 Å². The van der Waals surface area contributed by atoms with Gasteiger partial charge in [0.1, 0.15) is 11.6 Å². The lowest BCUT2D eigenvalue weighted by atomic mass is 10.2. The van der Waals surface area contributed by atoms with Crippen molar-refractivity contribution in [2.75, 3.05) is 0 Å². The fraction of sp³-hybridized carbons (Fsp3) is 0.0909. The Morgan fingerprint density at radius 3 is 2.61 bits per heavy atom. The number of rotatable bonds is 5. The van der Waals surface area contributed by atoms with E-state index in [-0.39, 0.29) is 0 Å². The number of hydrogen-bond donors (Lipinski definition) is 0. The molecule has 4 aromatic rings. The third kappa shape index (κ3) is 4.19. The minimum Gasteiger partial charge on any atom is -0.438 e. The summed E-state index contributed by atoms with van der Waals surface area (Å²) in [5.41, 5.74) is 2.96. The van der Waals surface area contributed by atoms with Gasteiger partial charge in [-0.15, -0.1) is 0 Å². The molecule has 0 fully saturated rings. The van der Waals surface area contributed by atoms with Gasteiger partial charge in [0, 0.05) is 28.0 Å². The molecule has 0 saturated heterocycles. The first-order valence-corrected chi connectivity index (χ1v) is 9.50. The molecule has 0 spiro atoms. The molecule has 0 atom stereocenters. The van der Waals surface area contributed by atoms with Gasteiger partial charge >= 0.3 is 0 Å². The third-order valence-corrected chi connectivity index (χ3v) is 4.87. The van der Waals surface area contributed by atoms with Crippen molar-refractivity contribution in [3.05, 3.63) is 94.4 Å². The van der Waals surface area contributed by atoms with Crippen LogP contribution in [0.15, 0.2) is 73.2 Å². The molecule has 2 heterocycles. The van der Waals surface area contributed by atoms with Gasteiger partial charge in [0.25, 0.3) is 0 Å². The molecule has 0 bridgehead atoms. The Morgan fingerprint density at radius 1 is 1.04 bits per heavy atom. The Labute approximate surface area is 173 Å². The van der Waals surface area contributed by atoms with Crippen LogP contribution in [0.1, 0.15) is 11.1 Å². The Bertz CT molecular complexity index is 1090. The molecule has 0 aliphatic carbocycles. The number of hydrogen-bond acceptors (Lipinski definition) is 3. The van der Waals surface area contributed by atoms with Crippen LogP contribution in [0.4, 0.5) is 0 Å². The first-order valence-electron chi connectivity index (χ1n) is 8.74. The first-order chi connectivity index (χ1) is 13.6. The number of aryl methyl sites for hydroxylation is 1. The topological polar surface area (TPSA) is 39.9 Å². The predicted octanol–water partition coefficient (Wildman–Crippen LogP) is 6.40. The number of nitrogens with zero attached hydrogens (tertiary/aromatic N) is 3. The molecule has 0 radical (unpaired) electrons. The Morgan fingerprint density at radius 2 is 1.86 bits per heavy atom. The fourth-order valence-electron chi connectivity index (χ4n) is 2.86. The third-order valence-electron chi connectivity index (χ3n) is 4.27. The van der Waals surface area contributed by atoms with Gasteiger partial charge in [-0.25, -0.2) is 0 Å².